The molecule has 15 heavy (non-hydrogen) atoms. The van der Waals surface area contributed by atoms with Crippen molar-refractivity contribution >= 4 is 0 Å². The zero-order chi connectivity index (χ0) is 10.7. The van der Waals surface area contributed by atoms with E-state index in [-0.39, 0.29) is 0 Å². The summed E-state index contributed by atoms with van der Waals surface area (Å²) in [7, 11) is 0. The van der Waals surface area contributed by atoms with Gasteiger partial charge in [-0.1, -0.05) is 30.3 Å². The number of nitrogens with two attached hydrogens (primary N) is 1. The van der Waals surface area contributed by atoms with Gasteiger partial charge in [0, 0.05) is 12.7 Å². The standard InChI is InChI=1S/C13H14N2/c1-10-9-15-12(8-14)7-13(10)11-5-3-2-4-6-11/h2-7,9H,8,14H2,1H3. The predicted octanol–water partition coefficient (Wildman–Crippen LogP) is 2.52. The van der Waals surface area contributed by atoms with Gasteiger partial charge in [0.15, 0.2) is 0 Å². The number of benzene rings is 1. The molecular formula is C13H14N2. The first-order valence-corrected chi connectivity index (χ1v) is 5.02. The molecule has 2 N–H and O–H groups in total. The van der Waals surface area contributed by atoms with E-state index < -0.39 is 0 Å². The van der Waals surface area contributed by atoms with E-state index >= 15 is 0 Å². The van der Waals surface area contributed by atoms with Crippen LogP contribution < -0.4 is 5.73 Å². The third kappa shape index (κ3) is 2.05. The Morgan fingerprint density at radius 1 is 1.20 bits per heavy atom. The molecule has 1 aromatic heterocycles. The second kappa shape index (κ2) is 4.24. The Morgan fingerprint density at radius 2 is 1.93 bits per heavy atom. The molecule has 0 spiro atoms. The molecule has 0 atom stereocenters. The normalized spacial score (nSPS) is 10.3. The Balaban J connectivity index is 2.52. The Hall–Kier alpha value is -1.67. The van der Waals surface area contributed by atoms with Crippen LogP contribution in [0.1, 0.15) is 11.3 Å². The van der Waals surface area contributed by atoms with Crippen LogP contribution in [0.15, 0.2) is 42.6 Å². The highest BCUT2D eigenvalue weighted by Gasteiger charge is 2.02. The maximum Gasteiger partial charge on any atom is 0.0545 e. The molecule has 0 aliphatic rings. The first kappa shape index (κ1) is 9.87. The van der Waals surface area contributed by atoms with Gasteiger partial charge in [-0.2, -0.15) is 0 Å². The minimum absolute atomic E-state index is 0.486. The number of pyridine rings is 1. The lowest BCUT2D eigenvalue weighted by Gasteiger charge is -2.07. The second-order valence-electron chi connectivity index (χ2n) is 3.56. The number of aryl methyl sites for hydroxylation is 1. The van der Waals surface area contributed by atoms with E-state index in [0.29, 0.717) is 6.54 Å². The van der Waals surface area contributed by atoms with Crippen molar-refractivity contribution in [2.75, 3.05) is 0 Å². The van der Waals surface area contributed by atoms with Crippen molar-refractivity contribution in [2.24, 2.45) is 5.73 Å². The molecule has 0 saturated heterocycles. The smallest absolute Gasteiger partial charge is 0.0545 e. The van der Waals surface area contributed by atoms with E-state index in [9.17, 15) is 0 Å². The summed E-state index contributed by atoms with van der Waals surface area (Å²) in [5.74, 6) is 0. The number of aromatic nitrogens is 1. The van der Waals surface area contributed by atoms with E-state index in [4.69, 9.17) is 5.73 Å². The van der Waals surface area contributed by atoms with E-state index in [1.165, 1.54) is 16.7 Å². The minimum atomic E-state index is 0.486. The van der Waals surface area contributed by atoms with Gasteiger partial charge in [0.1, 0.15) is 0 Å². The van der Waals surface area contributed by atoms with Crippen molar-refractivity contribution in [1.82, 2.24) is 4.98 Å². The molecule has 1 aromatic carbocycles. The van der Waals surface area contributed by atoms with Gasteiger partial charge in [-0.3, -0.25) is 4.98 Å². The maximum absolute atomic E-state index is 5.58. The number of rotatable bonds is 2. The summed E-state index contributed by atoms with van der Waals surface area (Å²) < 4.78 is 0. The molecule has 2 nitrogen and oxygen atoms in total. The molecule has 2 heteroatoms. The predicted molar refractivity (Wildman–Crippen MR) is 62.3 cm³/mol. The van der Waals surface area contributed by atoms with Gasteiger partial charge < -0.3 is 5.73 Å². The van der Waals surface area contributed by atoms with Gasteiger partial charge in [0.2, 0.25) is 0 Å². The van der Waals surface area contributed by atoms with Crippen molar-refractivity contribution in [3.8, 4) is 11.1 Å². The fourth-order valence-electron chi connectivity index (χ4n) is 1.61. The minimum Gasteiger partial charge on any atom is -0.325 e. The van der Waals surface area contributed by atoms with Crippen LogP contribution in [0.25, 0.3) is 11.1 Å². The molecule has 0 unspecified atom stereocenters. The second-order valence-corrected chi connectivity index (χ2v) is 3.56. The third-order valence-corrected chi connectivity index (χ3v) is 2.45. The molecular weight excluding hydrogens is 184 g/mol. The van der Waals surface area contributed by atoms with Crippen LogP contribution in [0.3, 0.4) is 0 Å². The highest BCUT2D eigenvalue weighted by molar-refractivity contribution is 5.66. The average molecular weight is 198 g/mol. The van der Waals surface area contributed by atoms with E-state index in [0.717, 1.165) is 5.69 Å². The van der Waals surface area contributed by atoms with Gasteiger partial charge in [-0.25, -0.2) is 0 Å². The fraction of sp³-hybridized carbons (Fsp3) is 0.154. The Bertz CT molecular complexity index is 449. The van der Waals surface area contributed by atoms with Crippen molar-refractivity contribution in [2.45, 2.75) is 13.5 Å². The molecule has 76 valence electrons. The van der Waals surface area contributed by atoms with Crippen molar-refractivity contribution < 1.29 is 0 Å². The molecule has 0 aliphatic heterocycles. The summed E-state index contributed by atoms with van der Waals surface area (Å²) in [6.45, 7) is 2.55. The molecule has 0 bridgehead atoms. The van der Waals surface area contributed by atoms with Gasteiger partial charge in [0.25, 0.3) is 0 Å². The largest absolute Gasteiger partial charge is 0.325 e. The Morgan fingerprint density at radius 3 is 2.60 bits per heavy atom. The maximum atomic E-state index is 5.58. The molecule has 2 aromatic rings. The lowest BCUT2D eigenvalue weighted by molar-refractivity contribution is 0.986. The summed E-state index contributed by atoms with van der Waals surface area (Å²) in [5.41, 5.74) is 10.1. The summed E-state index contributed by atoms with van der Waals surface area (Å²) in [6, 6.07) is 12.4. The SMILES string of the molecule is Cc1cnc(CN)cc1-c1ccccc1. The topological polar surface area (TPSA) is 38.9 Å². The van der Waals surface area contributed by atoms with Crippen LogP contribution in [0.2, 0.25) is 0 Å². The van der Waals surface area contributed by atoms with Crippen LogP contribution >= 0.6 is 0 Å². The number of hydrogen-bond donors (Lipinski definition) is 1. The van der Waals surface area contributed by atoms with Crippen molar-refractivity contribution in [3.05, 3.63) is 53.9 Å². The van der Waals surface area contributed by atoms with Gasteiger partial charge >= 0.3 is 0 Å². The van der Waals surface area contributed by atoms with Crippen LogP contribution in [0, 0.1) is 6.92 Å². The van der Waals surface area contributed by atoms with Crippen molar-refractivity contribution in [3.63, 3.8) is 0 Å². The van der Waals surface area contributed by atoms with E-state index in [1.54, 1.807) is 0 Å². The highest BCUT2D eigenvalue weighted by Crippen LogP contribution is 2.22. The summed E-state index contributed by atoms with van der Waals surface area (Å²) in [4.78, 5) is 4.26. The summed E-state index contributed by atoms with van der Waals surface area (Å²) in [6.07, 6.45) is 1.88. The quantitative estimate of drug-likeness (QED) is 0.805. The van der Waals surface area contributed by atoms with E-state index in [2.05, 4.69) is 30.1 Å². The Labute approximate surface area is 89.8 Å². The molecule has 0 saturated carbocycles. The number of hydrogen-bond acceptors (Lipinski definition) is 2. The molecule has 0 radical (unpaired) electrons. The molecule has 1 heterocycles. The third-order valence-electron chi connectivity index (χ3n) is 2.45. The van der Waals surface area contributed by atoms with Crippen LogP contribution in [-0.4, -0.2) is 4.98 Å². The number of nitrogens with zero attached hydrogens (tertiary/aromatic N) is 1. The fourth-order valence-corrected chi connectivity index (χ4v) is 1.61. The molecule has 0 aliphatic carbocycles. The highest BCUT2D eigenvalue weighted by atomic mass is 14.7. The van der Waals surface area contributed by atoms with Gasteiger partial charge in [-0.15, -0.1) is 0 Å². The first-order chi connectivity index (χ1) is 7.31. The molecule has 0 amide bonds. The lowest BCUT2D eigenvalue weighted by atomic mass is 10.0. The Kier molecular flexibility index (Phi) is 2.79. The van der Waals surface area contributed by atoms with Crippen molar-refractivity contribution in [1.29, 1.82) is 0 Å². The zero-order valence-corrected chi connectivity index (χ0v) is 8.77. The lowest BCUT2D eigenvalue weighted by Crippen LogP contribution is -2.00. The molecule has 2 rings (SSSR count). The van der Waals surface area contributed by atoms with Gasteiger partial charge in [-0.05, 0) is 29.7 Å². The summed E-state index contributed by atoms with van der Waals surface area (Å²) >= 11 is 0. The monoisotopic (exact) mass is 198 g/mol. The van der Waals surface area contributed by atoms with Crippen LogP contribution in [-0.2, 0) is 6.54 Å². The van der Waals surface area contributed by atoms with E-state index in [1.807, 2.05) is 24.4 Å². The van der Waals surface area contributed by atoms with Gasteiger partial charge in [0.05, 0.1) is 5.69 Å². The van der Waals surface area contributed by atoms with Crippen LogP contribution in [0.4, 0.5) is 0 Å². The molecule has 0 fully saturated rings. The van der Waals surface area contributed by atoms with Crippen LogP contribution in [0.5, 0.6) is 0 Å². The average Bonchev–Trinajstić information content (AvgIpc) is 2.31. The first-order valence-electron chi connectivity index (χ1n) is 5.02. The zero-order valence-electron chi connectivity index (χ0n) is 8.77. The summed E-state index contributed by atoms with van der Waals surface area (Å²) in [5, 5.41) is 0.